The monoisotopic (exact) mass is 845 g/mol. The lowest BCUT2D eigenvalue weighted by Crippen LogP contribution is -2.30. The zero-order chi connectivity index (χ0) is 44.4. The summed E-state index contributed by atoms with van der Waals surface area (Å²) in [5, 5.41) is 0. The molecule has 1 unspecified atom stereocenters. The summed E-state index contributed by atoms with van der Waals surface area (Å²) in [6.45, 7) is 6.33. The summed E-state index contributed by atoms with van der Waals surface area (Å²) >= 11 is 0. The van der Waals surface area contributed by atoms with E-state index in [2.05, 4.69) is 118 Å². The van der Waals surface area contributed by atoms with Crippen molar-refractivity contribution in [2.24, 2.45) is 0 Å². The van der Waals surface area contributed by atoms with Crippen LogP contribution in [0.4, 0.5) is 0 Å². The predicted octanol–water partition coefficient (Wildman–Crippen LogP) is 16.0. The van der Waals surface area contributed by atoms with Crippen LogP contribution in [0.2, 0.25) is 0 Å². The van der Waals surface area contributed by atoms with Crippen LogP contribution in [0.1, 0.15) is 201 Å². The van der Waals surface area contributed by atoms with Crippen molar-refractivity contribution in [1.82, 2.24) is 0 Å². The fraction of sp³-hybridized carbons (Fsp3) is 0.618. The lowest BCUT2D eigenvalue weighted by atomic mass is 10.1. The molecule has 0 radical (unpaired) electrons. The maximum atomic E-state index is 12.7. The van der Waals surface area contributed by atoms with Crippen LogP contribution in [0, 0.1) is 0 Å². The first kappa shape index (κ1) is 57.1. The number of unbranched alkanes of at least 4 members (excludes halogenated alkanes) is 13. The van der Waals surface area contributed by atoms with E-state index in [0.717, 1.165) is 89.9 Å². The normalized spacial score (nSPS) is 13.0. The number of carbonyl (C=O) groups excluding carboxylic acids is 3. The molecule has 0 fully saturated rings. The second-order valence-electron chi connectivity index (χ2n) is 15.6. The Balaban J connectivity index is 4.58. The van der Waals surface area contributed by atoms with Crippen molar-refractivity contribution in [3.05, 3.63) is 109 Å². The summed E-state index contributed by atoms with van der Waals surface area (Å²) in [5.41, 5.74) is 0. The minimum Gasteiger partial charge on any atom is -0.462 e. The number of hydrogen-bond donors (Lipinski definition) is 0. The molecule has 0 aliphatic carbocycles. The molecule has 0 saturated carbocycles. The van der Waals surface area contributed by atoms with Gasteiger partial charge in [-0.3, -0.25) is 14.4 Å². The molecule has 0 spiro atoms. The highest BCUT2D eigenvalue weighted by Crippen LogP contribution is 2.11. The zero-order valence-corrected chi connectivity index (χ0v) is 39.1. The molecule has 0 saturated heterocycles. The van der Waals surface area contributed by atoms with Crippen LogP contribution in [-0.4, -0.2) is 37.2 Å². The molecule has 0 N–H and O–H groups in total. The van der Waals surface area contributed by atoms with Gasteiger partial charge in [-0.2, -0.15) is 0 Å². The SMILES string of the molecule is CC/C=C\C/C=C\C/C=C\C/C=C\C/C=C\CCC(=O)OC(COC(=O)CCC/C=C\C/C=C\C/C=C\CCCCCCCC)COC(=O)CCCCCC/C=C\CCCC. The average Bonchev–Trinajstić information content (AvgIpc) is 3.26. The van der Waals surface area contributed by atoms with Gasteiger partial charge in [0.1, 0.15) is 13.2 Å². The molecule has 0 aliphatic heterocycles. The second kappa shape index (κ2) is 48.7. The van der Waals surface area contributed by atoms with E-state index in [-0.39, 0.29) is 38.0 Å². The minimum absolute atomic E-state index is 0.132. The van der Waals surface area contributed by atoms with E-state index in [1.165, 1.54) is 57.8 Å². The lowest BCUT2D eigenvalue weighted by molar-refractivity contribution is -0.166. The molecule has 61 heavy (non-hydrogen) atoms. The topological polar surface area (TPSA) is 78.9 Å². The van der Waals surface area contributed by atoms with E-state index in [1.54, 1.807) is 0 Å². The van der Waals surface area contributed by atoms with E-state index in [1.807, 2.05) is 12.2 Å². The van der Waals surface area contributed by atoms with Crippen LogP contribution in [-0.2, 0) is 28.6 Å². The van der Waals surface area contributed by atoms with E-state index in [4.69, 9.17) is 14.2 Å². The van der Waals surface area contributed by atoms with E-state index < -0.39 is 12.1 Å². The highest BCUT2D eigenvalue weighted by atomic mass is 16.6. The highest BCUT2D eigenvalue weighted by Gasteiger charge is 2.19. The molecule has 1 atom stereocenters. The third-order valence-corrected chi connectivity index (χ3v) is 9.74. The Morgan fingerprint density at radius 1 is 0.344 bits per heavy atom. The Morgan fingerprint density at radius 3 is 1.20 bits per heavy atom. The number of rotatable bonds is 42. The Bertz CT molecular complexity index is 1290. The average molecular weight is 845 g/mol. The van der Waals surface area contributed by atoms with E-state index >= 15 is 0 Å². The van der Waals surface area contributed by atoms with Crippen LogP contribution < -0.4 is 0 Å². The molecule has 6 nitrogen and oxygen atoms in total. The molecular formula is C55H88O6. The number of ether oxygens (including phenoxy) is 3. The molecule has 0 bridgehead atoms. The van der Waals surface area contributed by atoms with Gasteiger partial charge in [0.15, 0.2) is 6.10 Å². The maximum absolute atomic E-state index is 12.7. The second-order valence-corrected chi connectivity index (χ2v) is 15.6. The molecule has 6 heteroatoms. The summed E-state index contributed by atoms with van der Waals surface area (Å²) in [7, 11) is 0. The van der Waals surface area contributed by atoms with Crippen molar-refractivity contribution in [2.75, 3.05) is 13.2 Å². The first-order valence-corrected chi connectivity index (χ1v) is 24.4. The highest BCUT2D eigenvalue weighted by molar-refractivity contribution is 5.71. The molecule has 0 rings (SSSR count). The van der Waals surface area contributed by atoms with Gasteiger partial charge >= 0.3 is 17.9 Å². The summed E-state index contributed by atoms with van der Waals surface area (Å²) in [4.78, 5) is 37.8. The Labute approximate surface area is 374 Å². The summed E-state index contributed by atoms with van der Waals surface area (Å²) in [5.74, 6) is -1.09. The Kier molecular flexibility index (Phi) is 45.6. The maximum Gasteiger partial charge on any atom is 0.306 e. The number of hydrogen-bond acceptors (Lipinski definition) is 6. The molecule has 344 valence electrons. The van der Waals surface area contributed by atoms with Crippen LogP contribution in [0.3, 0.4) is 0 Å². The molecule has 0 aromatic rings. The molecule has 0 heterocycles. The van der Waals surface area contributed by atoms with Crippen LogP contribution in [0.5, 0.6) is 0 Å². The fourth-order valence-corrected chi connectivity index (χ4v) is 6.07. The smallest absolute Gasteiger partial charge is 0.306 e. The summed E-state index contributed by atoms with van der Waals surface area (Å²) in [6.07, 6.45) is 65.2. The minimum atomic E-state index is -0.842. The Hall–Kier alpha value is -3.93. The predicted molar refractivity (Wildman–Crippen MR) is 260 cm³/mol. The van der Waals surface area contributed by atoms with Gasteiger partial charge in [0.2, 0.25) is 0 Å². The largest absolute Gasteiger partial charge is 0.462 e. The molecule has 0 aromatic heterocycles. The van der Waals surface area contributed by atoms with Gasteiger partial charge in [-0.1, -0.05) is 188 Å². The summed E-state index contributed by atoms with van der Waals surface area (Å²) in [6, 6.07) is 0. The summed E-state index contributed by atoms with van der Waals surface area (Å²) < 4.78 is 16.6. The van der Waals surface area contributed by atoms with Gasteiger partial charge in [-0.05, 0) is 103 Å². The third kappa shape index (κ3) is 47.0. The van der Waals surface area contributed by atoms with Crippen molar-refractivity contribution in [3.63, 3.8) is 0 Å². The van der Waals surface area contributed by atoms with Gasteiger partial charge in [-0.15, -0.1) is 0 Å². The quantitative estimate of drug-likeness (QED) is 0.0264. The van der Waals surface area contributed by atoms with Crippen molar-refractivity contribution in [1.29, 1.82) is 0 Å². The number of carbonyl (C=O) groups is 3. The first-order valence-electron chi connectivity index (χ1n) is 24.4. The lowest BCUT2D eigenvalue weighted by Gasteiger charge is -2.18. The van der Waals surface area contributed by atoms with Crippen molar-refractivity contribution < 1.29 is 28.6 Å². The van der Waals surface area contributed by atoms with E-state index in [9.17, 15) is 14.4 Å². The third-order valence-electron chi connectivity index (χ3n) is 9.74. The van der Waals surface area contributed by atoms with Crippen LogP contribution in [0.25, 0.3) is 0 Å². The van der Waals surface area contributed by atoms with Gasteiger partial charge in [0, 0.05) is 19.3 Å². The molecule has 0 amide bonds. The van der Waals surface area contributed by atoms with Crippen LogP contribution >= 0.6 is 0 Å². The molecular weight excluding hydrogens is 757 g/mol. The van der Waals surface area contributed by atoms with Crippen molar-refractivity contribution in [3.8, 4) is 0 Å². The number of esters is 3. The van der Waals surface area contributed by atoms with Crippen molar-refractivity contribution >= 4 is 17.9 Å². The van der Waals surface area contributed by atoms with Crippen molar-refractivity contribution in [2.45, 2.75) is 207 Å². The van der Waals surface area contributed by atoms with Crippen LogP contribution in [0.15, 0.2) is 109 Å². The van der Waals surface area contributed by atoms with Gasteiger partial charge in [0.05, 0.1) is 0 Å². The standard InChI is InChI=1S/C55H88O6/c1-4-7-10-13-16-19-22-24-26-28-30-31-33-36-39-42-45-48-54(57)60-51-52(50-59-53(56)47-44-41-38-35-21-18-15-12-9-6-3)61-55(58)49-46-43-40-37-34-32-29-27-25-23-20-17-14-11-8-5-2/h8,11,15,17-18,20,24-27,30-32,34,36,39-40,43,52H,4-7,9-10,12-14,16,19,21-23,28-29,33,35,37-38,41-42,44-51H2,1-3H3/b11-8-,18-15-,20-17-,26-24-,27-25-,31-30-,34-32-,39-36-,43-40-. The van der Waals surface area contributed by atoms with Gasteiger partial charge in [0.25, 0.3) is 0 Å². The number of allylic oxidation sites excluding steroid dienone is 18. The Morgan fingerprint density at radius 2 is 0.705 bits per heavy atom. The molecule has 0 aliphatic rings. The van der Waals surface area contributed by atoms with Gasteiger partial charge < -0.3 is 14.2 Å². The molecule has 0 aromatic carbocycles. The van der Waals surface area contributed by atoms with Gasteiger partial charge in [-0.25, -0.2) is 0 Å². The van der Waals surface area contributed by atoms with E-state index in [0.29, 0.717) is 19.3 Å². The first-order chi connectivity index (χ1) is 30.0. The fourth-order valence-electron chi connectivity index (χ4n) is 6.07. The zero-order valence-electron chi connectivity index (χ0n) is 39.1.